The highest BCUT2D eigenvalue weighted by Gasteiger charge is 2.15. The molecule has 0 aromatic heterocycles. The van der Waals surface area contributed by atoms with Crippen molar-refractivity contribution >= 4 is 5.91 Å². The molecule has 0 unspecified atom stereocenters. The second-order valence-corrected chi connectivity index (χ2v) is 5.31. The highest BCUT2D eigenvalue weighted by Crippen LogP contribution is 2.26. The third-order valence-electron chi connectivity index (χ3n) is 3.51. The van der Waals surface area contributed by atoms with Crippen LogP contribution in [-0.2, 0) is 0 Å². The van der Waals surface area contributed by atoms with Gasteiger partial charge in [-0.2, -0.15) is 0 Å². The molecule has 1 amide bonds. The van der Waals surface area contributed by atoms with Gasteiger partial charge in [-0.1, -0.05) is 35.4 Å². The van der Waals surface area contributed by atoms with Crippen LogP contribution in [0.2, 0.25) is 0 Å². The number of nitrogens with one attached hydrogen (secondary N) is 1. The lowest BCUT2D eigenvalue weighted by molar-refractivity contribution is 0.0939. The predicted octanol–water partition coefficient (Wildman–Crippen LogP) is 3.80. The van der Waals surface area contributed by atoms with Crippen LogP contribution in [0.4, 0.5) is 0 Å². The summed E-state index contributed by atoms with van der Waals surface area (Å²) in [7, 11) is 1.64. The molecule has 0 bridgehead atoms. The number of hydrogen-bond donors (Lipinski definition) is 1. The van der Waals surface area contributed by atoms with E-state index in [2.05, 4.69) is 5.32 Å². The number of aryl methyl sites for hydroxylation is 2. The number of hydrogen-bond acceptors (Lipinski definition) is 2. The van der Waals surface area contributed by atoms with Gasteiger partial charge >= 0.3 is 0 Å². The number of carbonyl (C=O) groups is 1. The molecule has 1 N–H and O–H groups in total. The third-order valence-corrected chi connectivity index (χ3v) is 3.51. The fraction of sp³-hybridized carbons (Fsp3) is 0.278. The lowest BCUT2D eigenvalue weighted by Crippen LogP contribution is -2.27. The monoisotopic (exact) mass is 283 g/mol. The fourth-order valence-corrected chi connectivity index (χ4v) is 2.25. The van der Waals surface area contributed by atoms with E-state index in [0.29, 0.717) is 5.56 Å². The van der Waals surface area contributed by atoms with E-state index in [-0.39, 0.29) is 11.9 Å². The molecular weight excluding hydrogens is 262 g/mol. The lowest BCUT2D eigenvalue weighted by Gasteiger charge is -2.18. The van der Waals surface area contributed by atoms with Crippen LogP contribution in [0.15, 0.2) is 42.5 Å². The molecule has 0 aliphatic rings. The van der Waals surface area contributed by atoms with E-state index in [4.69, 9.17) is 4.74 Å². The van der Waals surface area contributed by atoms with Crippen LogP contribution >= 0.6 is 0 Å². The molecule has 1 atom stereocenters. The summed E-state index contributed by atoms with van der Waals surface area (Å²) in [5.74, 6) is 0.711. The Morgan fingerprint density at radius 2 is 1.67 bits per heavy atom. The zero-order valence-electron chi connectivity index (χ0n) is 12.9. The van der Waals surface area contributed by atoms with Gasteiger partial charge in [-0.05, 0) is 39.0 Å². The van der Waals surface area contributed by atoms with E-state index in [0.717, 1.165) is 22.4 Å². The van der Waals surface area contributed by atoms with E-state index in [9.17, 15) is 4.79 Å². The smallest absolute Gasteiger partial charge is 0.251 e. The number of amides is 1. The first-order valence-corrected chi connectivity index (χ1v) is 7.03. The summed E-state index contributed by atoms with van der Waals surface area (Å²) in [5.41, 5.74) is 3.93. The summed E-state index contributed by atoms with van der Waals surface area (Å²) in [6, 6.07) is 13.4. The van der Waals surface area contributed by atoms with Crippen LogP contribution in [0.3, 0.4) is 0 Å². The normalized spacial score (nSPS) is 11.8. The van der Waals surface area contributed by atoms with Crippen LogP contribution in [-0.4, -0.2) is 13.0 Å². The minimum atomic E-state index is -0.117. The molecule has 0 fully saturated rings. The molecule has 2 aromatic rings. The number of methoxy groups -OCH3 is 1. The fourth-order valence-electron chi connectivity index (χ4n) is 2.25. The minimum Gasteiger partial charge on any atom is -0.496 e. The Morgan fingerprint density at radius 3 is 2.29 bits per heavy atom. The Morgan fingerprint density at radius 1 is 1.05 bits per heavy atom. The van der Waals surface area contributed by atoms with Crippen molar-refractivity contribution in [3.63, 3.8) is 0 Å². The van der Waals surface area contributed by atoms with E-state index in [1.807, 2.05) is 63.2 Å². The number of ether oxygens (including phenoxy) is 1. The highest BCUT2D eigenvalue weighted by atomic mass is 16.5. The van der Waals surface area contributed by atoms with Gasteiger partial charge in [0.25, 0.3) is 5.91 Å². The number of benzene rings is 2. The molecule has 0 spiro atoms. The van der Waals surface area contributed by atoms with E-state index in [1.165, 1.54) is 0 Å². The van der Waals surface area contributed by atoms with Crippen LogP contribution in [0.5, 0.6) is 5.75 Å². The SMILES string of the molecule is COc1ccc(C)cc1[C@H](C)NC(=O)c1ccc(C)cc1. The van der Waals surface area contributed by atoms with Crippen molar-refractivity contribution in [3.05, 3.63) is 64.7 Å². The van der Waals surface area contributed by atoms with Crippen LogP contribution in [0.25, 0.3) is 0 Å². The molecule has 0 radical (unpaired) electrons. The maximum atomic E-state index is 12.3. The average molecular weight is 283 g/mol. The number of rotatable bonds is 4. The summed E-state index contributed by atoms with van der Waals surface area (Å²) < 4.78 is 5.37. The van der Waals surface area contributed by atoms with Crippen molar-refractivity contribution in [2.75, 3.05) is 7.11 Å². The first-order valence-electron chi connectivity index (χ1n) is 7.03. The molecule has 0 saturated heterocycles. The van der Waals surface area contributed by atoms with Gasteiger partial charge in [-0.25, -0.2) is 0 Å². The molecular formula is C18H21NO2. The molecule has 2 rings (SSSR count). The van der Waals surface area contributed by atoms with Gasteiger partial charge in [0.05, 0.1) is 13.2 Å². The first kappa shape index (κ1) is 15.1. The van der Waals surface area contributed by atoms with Crippen LogP contribution < -0.4 is 10.1 Å². The Bertz CT molecular complexity index is 632. The average Bonchev–Trinajstić information content (AvgIpc) is 2.47. The quantitative estimate of drug-likeness (QED) is 0.926. The maximum Gasteiger partial charge on any atom is 0.251 e. The Labute approximate surface area is 126 Å². The van der Waals surface area contributed by atoms with Crippen molar-refractivity contribution < 1.29 is 9.53 Å². The van der Waals surface area contributed by atoms with Gasteiger partial charge in [0, 0.05) is 11.1 Å². The molecule has 110 valence electrons. The molecule has 21 heavy (non-hydrogen) atoms. The van der Waals surface area contributed by atoms with Crippen molar-refractivity contribution in [1.82, 2.24) is 5.32 Å². The third kappa shape index (κ3) is 3.63. The molecule has 3 nitrogen and oxygen atoms in total. The van der Waals surface area contributed by atoms with Gasteiger partial charge in [-0.15, -0.1) is 0 Å². The summed E-state index contributed by atoms with van der Waals surface area (Å²) in [5, 5.41) is 3.01. The van der Waals surface area contributed by atoms with Crippen LogP contribution in [0, 0.1) is 13.8 Å². The maximum absolute atomic E-state index is 12.3. The summed E-state index contributed by atoms with van der Waals surface area (Å²) in [6.07, 6.45) is 0. The van der Waals surface area contributed by atoms with E-state index >= 15 is 0 Å². The minimum absolute atomic E-state index is 0.0777. The van der Waals surface area contributed by atoms with Crippen LogP contribution in [0.1, 0.15) is 40.0 Å². The highest BCUT2D eigenvalue weighted by molar-refractivity contribution is 5.94. The van der Waals surface area contributed by atoms with Crippen molar-refractivity contribution in [1.29, 1.82) is 0 Å². The van der Waals surface area contributed by atoms with Crippen molar-refractivity contribution in [2.24, 2.45) is 0 Å². The van der Waals surface area contributed by atoms with Crippen molar-refractivity contribution in [3.8, 4) is 5.75 Å². The number of carbonyl (C=O) groups excluding carboxylic acids is 1. The Kier molecular flexibility index (Phi) is 4.63. The topological polar surface area (TPSA) is 38.3 Å². The standard InChI is InChI=1S/C18H21NO2/c1-12-5-8-15(9-6-12)18(20)19-14(3)16-11-13(2)7-10-17(16)21-4/h5-11,14H,1-4H3,(H,19,20)/t14-/m0/s1. The lowest BCUT2D eigenvalue weighted by atomic mass is 10.0. The zero-order chi connectivity index (χ0) is 15.4. The summed E-state index contributed by atoms with van der Waals surface area (Å²) in [6.45, 7) is 5.99. The van der Waals surface area contributed by atoms with Gasteiger partial charge < -0.3 is 10.1 Å². The zero-order valence-corrected chi connectivity index (χ0v) is 12.9. The van der Waals surface area contributed by atoms with Gasteiger partial charge in [0.15, 0.2) is 0 Å². The Hall–Kier alpha value is -2.29. The predicted molar refractivity (Wildman–Crippen MR) is 84.8 cm³/mol. The van der Waals surface area contributed by atoms with E-state index in [1.54, 1.807) is 7.11 Å². The van der Waals surface area contributed by atoms with E-state index < -0.39 is 0 Å². The largest absolute Gasteiger partial charge is 0.496 e. The van der Waals surface area contributed by atoms with Crippen molar-refractivity contribution in [2.45, 2.75) is 26.8 Å². The molecule has 3 heteroatoms. The second-order valence-electron chi connectivity index (χ2n) is 5.31. The van der Waals surface area contributed by atoms with Gasteiger partial charge in [0.1, 0.15) is 5.75 Å². The molecule has 0 saturated carbocycles. The molecule has 0 aliphatic heterocycles. The van der Waals surface area contributed by atoms with Gasteiger partial charge in [0.2, 0.25) is 0 Å². The molecule has 0 heterocycles. The summed E-state index contributed by atoms with van der Waals surface area (Å²) >= 11 is 0. The van der Waals surface area contributed by atoms with Gasteiger partial charge in [-0.3, -0.25) is 4.79 Å². The second kappa shape index (κ2) is 6.44. The first-order chi connectivity index (χ1) is 10.0. The molecule has 0 aliphatic carbocycles. The molecule has 2 aromatic carbocycles. The summed E-state index contributed by atoms with van der Waals surface area (Å²) in [4.78, 5) is 12.3. The Balaban J connectivity index is 2.17.